The van der Waals surface area contributed by atoms with Crippen molar-refractivity contribution in [1.82, 2.24) is 5.32 Å². The predicted octanol–water partition coefficient (Wildman–Crippen LogP) is 3.03. The number of aryl methyl sites for hydroxylation is 1. The number of benzene rings is 1. The molecule has 0 radical (unpaired) electrons. The van der Waals surface area contributed by atoms with Gasteiger partial charge in [0.05, 0.1) is 12.8 Å². The highest BCUT2D eigenvalue weighted by atomic mass is 16.5. The molecule has 126 valence electrons. The summed E-state index contributed by atoms with van der Waals surface area (Å²) in [7, 11) is 1.55. The lowest BCUT2D eigenvalue weighted by molar-refractivity contribution is -0.138. The van der Waals surface area contributed by atoms with Crippen LogP contribution in [0.5, 0.6) is 5.75 Å². The fraction of sp³-hybridized carbons (Fsp3) is 0.556. The van der Waals surface area contributed by atoms with E-state index >= 15 is 0 Å². The van der Waals surface area contributed by atoms with Crippen molar-refractivity contribution < 1.29 is 14.3 Å². The molecule has 0 aliphatic heterocycles. The first-order chi connectivity index (χ1) is 10.8. The molecule has 5 heteroatoms. The molecule has 2 rings (SSSR count). The van der Waals surface area contributed by atoms with E-state index in [2.05, 4.69) is 10.6 Å². The van der Waals surface area contributed by atoms with E-state index in [0.717, 1.165) is 31.2 Å². The summed E-state index contributed by atoms with van der Waals surface area (Å²) in [5.41, 5.74) is 0.450. The van der Waals surface area contributed by atoms with Crippen molar-refractivity contribution in [2.75, 3.05) is 12.4 Å². The molecule has 0 heterocycles. The lowest BCUT2D eigenvalue weighted by Gasteiger charge is -2.25. The van der Waals surface area contributed by atoms with Gasteiger partial charge in [-0.3, -0.25) is 9.59 Å². The standard InChI is InChI=1S/C18H26N2O3/c1-12-9-10-15(23-4)14(11-12)20-17(22)18(2,3)16(21)19-13-7-5-6-8-13/h9-11,13H,5-8H2,1-4H3,(H,19,21)(H,20,22). The Morgan fingerprint density at radius 3 is 2.43 bits per heavy atom. The van der Waals surface area contributed by atoms with E-state index in [-0.39, 0.29) is 17.9 Å². The smallest absolute Gasteiger partial charge is 0.239 e. The minimum atomic E-state index is -1.14. The third-order valence-corrected chi connectivity index (χ3v) is 4.43. The fourth-order valence-corrected chi connectivity index (χ4v) is 2.74. The van der Waals surface area contributed by atoms with Gasteiger partial charge in [0, 0.05) is 6.04 Å². The van der Waals surface area contributed by atoms with Gasteiger partial charge in [-0.2, -0.15) is 0 Å². The quantitative estimate of drug-likeness (QED) is 0.820. The van der Waals surface area contributed by atoms with Gasteiger partial charge >= 0.3 is 0 Å². The summed E-state index contributed by atoms with van der Waals surface area (Å²) in [6, 6.07) is 5.74. The monoisotopic (exact) mass is 318 g/mol. The van der Waals surface area contributed by atoms with Crippen molar-refractivity contribution in [1.29, 1.82) is 0 Å². The zero-order chi connectivity index (χ0) is 17.0. The van der Waals surface area contributed by atoms with Crippen LogP contribution in [0.15, 0.2) is 18.2 Å². The second-order valence-corrected chi connectivity index (χ2v) is 6.74. The van der Waals surface area contributed by atoms with Crippen LogP contribution in [0.2, 0.25) is 0 Å². The molecule has 1 aromatic carbocycles. The Labute approximate surface area is 137 Å². The van der Waals surface area contributed by atoms with Gasteiger partial charge in [-0.25, -0.2) is 0 Å². The predicted molar refractivity (Wildman–Crippen MR) is 90.5 cm³/mol. The number of carbonyl (C=O) groups excluding carboxylic acids is 2. The molecule has 0 atom stereocenters. The van der Waals surface area contributed by atoms with E-state index in [4.69, 9.17) is 4.74 Å². The van der Waals surface area contributed by atoms with Gasteiger partial charge < -0.3 is 15.4 Å². The molecule has 2 N–H and O–H groups in total. The maximum Gasteiger partial charge on any atom is 0.239 e. The highest BCUT2D eigenvalue weighted by molar-refractivity contribution is 6.10. The number of amides is 2. The third kappa shape index (κ3) is 4.03. The first-order valence-electron chi connectivity index (χ1n) is 8.11. The Hall–Kier alpha value is -2.04. The summed E-state index contributed by atoms with van der Waals surface area (Å²) in [5, 5.41) is 5.82. The molecule has 0 aromatic heterocycles. The van der Waals surface area contributed by atoms with Crippen LogP contribution in [-0.4, -0.2) is 25.0 Å². The van der Waals surface area contributed by atoms with Crippen LogP contribution in [0.3, 0.4) is 0 Å². The molecule has 2 amide bonds. The van der Waals surface area contributed by atoms with Gasteiger partial charge in [-0.15, -0.1) is 0 Å². The van der Waals surface area contributed by atoms with Crippen LogP contribution in [0.25, 0.3) is 0 Å². The number of hydrogen-bond donors (Lipinski definition) is 2. The molecular formula is C18H26N2O3. The number of anilines is 1. The van der Waals surface area contributed by atoms with E-state index in [0.29, 0.717) is 11.4 Å². The summed E-state index contributed by atoms with van der Waals surface area (Å²) >= 11 is 0. The fourth-order valence-electron chi connectivity index (χ4n) is 2.74. The average Bonchev–Trinajstić information content (AvgIpc) is 3.00. The van der Waals surface area contributed by atoms with Gasteiger partial charge in [-0.1, -0.05) is 18.9 Å². The van der Waals surface area contributed by atoms with Crippen molar-refractivity contribution in [2.45, 2.75) is 52.5 Å². The minimum absolute atomic E-state index is 0.197. The Bertz CT molecular complexity index is 590. The second-order valence-electron chi connectivity index (χ2n) is 6.74. The molecule has 0 spiro atoms. The molecular weight excluding hydrogens is 292 g/mol. The van der Waals surface area contributed by atoms with Gasteiger partial charge in [0.1, 0.15) is 11.2 Å². The number of nitrogens with one attached hydrogen (secondary N) is 2. The first kappa shape index (κ1) is 17.3. The Morgan fingerprint density at radius 1 is 1.17 bits per heavy atom. The summed E-state index contributed by atoms with van der Waals surface area (Å²) in [6.45, 7) is 5.23. The van der Waals surface area contributed by atoms with Crippen LogP contribution in [0, 0.1) is 12.3 Å². The molecule has 5 nitrogen and oxygen atoms in total. The number of methoxy groups -OCH3 is 1. The Morgan fingerprint density at radius 2 is 1.83 bits per heavy atom. The van der Waals surface area contributed by atoms with Crippen molar-refractivity contribution in [3.63, 3.8) is 0 Å². The topological polar surface area (TPSA) is 67.4 Å². The molecule has 1 aromatic rings. The Kier molecular flexibility index (Phi) is 5.29. The number of hydrogen-bond acceptors (Lipinski definition) is 3. The van der Waals surface area contributed by atoms with Gasteiger partial charge in [-0.05, 0) is 51.3 Å². The first-order valence-corrected chi connectivity index (χ1v) is 8.11. The summed E-state index contributed by atoms with van der Waals surface area (Å²) in [6.07, 6.45) is 4.26. The van der Waals surface area contributed by atoms with Crippen LogP contribution >= 0.6 is 0 Å². The second kappa shape index (κ2) is 7.02. The molecule has 1 saturated carbocycles. The van der Waals surface area contributed by atoms with Crippen LogP contribution in [0.4, 0.5) is 5.69 Å². The zero-order valence-corrected chi connectivity index (χ0v) is 14.4. The molecule has 1 fully saturated rings. The van der Waals surface area contributed by atoms with E-state index in [1.54, 1.807) is 27.0 Å². The highest BCUT2D eigenvalue weighted by Gasteiger charge is 2.37. The van der Waals surface area contributed by atoms with Gasteiger partial charge in [0.15, 0.2) is 0 Å². The van der Waals surface area contributed by atoms with Crippen molar-refractivity contribution in [2.24, 2.45) is 5.41 Å². The summed E-state index contributed by atoms with van der Waals surface area (Å²) in [4.78, 5) is 25.1. The molecule has 0 bridgehead atoms. The van der Waals surface area contributed by atoms with E-state index in [1.165, 1.54) is 0 Å². The molecule has 0 saturated heterocycles. The normalized spacial score (nSPS) is 15.3. The maximum absolute atomic E-state index is 12.6. The molecule has 23 heavy (non-hydrogen) atoms. The van der Waals surface area contributed by atoms with Crippen LogP contribution < -0.4 is 15.4 Å². The number of ether oxygens (including phenoxy) is 1. The number of rotatable bonds is 5. The van der Waals surface area contributed by atoms with Crippen molar-refractivity contribution in [3.05, 3.63) is 23.8 Å². The maximum atomic E-state index is 12.6. The van der Waals surface area contributed by atoms with Gasteiger partial charge in [0.25, 0.3) is 0 Å². The largest absolute Gasteiger partial charge is 0.495 e. The van der Waals surface area contributed by atoms with E-state index < -0.39 is 5.41 Å². The molecule has 1 aliphatic rings. The average molecular weight is 318 g/mol. The van der Waals surface area contributed by atoms with Crippen molar-refractivity contribution >= 4 is 17.5 Å². The lowest BCUT2D eigenvalue weighted by Crippen LogP contribution is -2.48. The van der Waals surface area contributed by atoms with Crippen molar-refractivity contribution in [3.8, 4) is 5.75 Å². The lowest BCUT2D eigenvalue weighted by atomic mass is 9.90. The van der Waals surface area contributed by atoms with Crippen LogP contribution in [0.1, 0.15) is 45.1 Å². The number of carbonyl (C=O) groups is 2. The molecule has 1 aliphatic carbocycles. The summed E-state index contributed by atoms with van der Waals surface area (Å²) < 4.78 is 5.27. The third-order valence-electron chi connectivity index (χ3n) is 4.43. The highest BCUT2D eigenvalue weighted by Crippen LogP contribution is 2.28. The summed E-state index contributed by atoms with van der Waals surface area (Å²) in [5.74, 6) is 0.0152. The SMILES string of the molecule is COc1ccc(C)cc1NC(=O)C(C)(C)C(=O)NC1CCCC1. The molecule has 0 unspecified atom stereocenters. The zero-order valence-electron chi connectivity index (χ0n) is 14.4. The van der Waals surface area contributed by atoms with E-state index in [9.17, 15) is 9.59 Å². The Balaban J connectivity index is 2.08. The van der Waals surface area contributed by atoms with Gasteiger partial charge in [0.2, 0.25) is 11.8 Å². The minimum Gasteiger partial charge on any atom is -0.495 e. The van der Waals surface area contributed by atoms with Crippen LogP contribution in [-0.2, 0) is 9.59 Å². The van der Waals surface area contributed by atoms with E-state index in [1.807, 2.05) is 19.1 Å².